The molecule has 0 aromatic heterocycles. The summed E-state index contributed by atoms with van der Waals surface area (Å²) < 4.78 is 39.2. The molecule has 0 aliphatic heterocycles. The monoisotopic (exact) mass is 379 g/mol. The zero-order valence-electron chi connectivity index (χ0n) is 14.8. The molecule has 0 saturated carbocycles. The first kappa shape index (κ1) is 19.6. The van der Waals surface area contributed by atoms with Crippen LogP contribution in [0.5, 0.6) is 17.2 Å². The number of carbonyl (C=O) groups is 1. The Kier molecular flexibility index (Phi) is 6.46. The van der Waals surface area contributed by atoms with Crippen LogP contribution in [0.25, 0.3) is 0 Å². The van der Waals surface area contributed by atoms with Crippen LogP contribution in [-0.2, 0) is 9.84 Å². The highest BCUT2D eigenvalue weighted by Crippen LogP contribution is 2.24. The average molecular weight is 379 g/mol. The van der Waals surface area contributed by atoms with Crippen molar-refractivity contribution in [3.05, 3.63) is 48.0 Å². The molecule has 0 bridgehead atoms. The third-order valence-corrected chi connectivity index (χ3v) is 4.66. The zero-order valence-corrected chi connectivity index (χ0v) is 15.6. The molecule has 2 rings (SSSR count). The van der Waals surface area contributed by atoms with Crippen molar-refractivity contribution in [1.82, 2.24) is 5.32 Å². The number of nitrogens with one attached hydrogen (secondary N) is 1. The van der Waals surface area contributed by atoms with Crippen LogP contribution in [0.3, 0.4) is 0 Å². The number of methoxy groups -OCH3 is 2. The van der Waals surface area contributed by atoms with Crippen molar-refractivity contribution in [1.29, 1.82) is 0 Å². The highest BCUT2D eigenvalue weighted by molar-refractivity contribution is 7.90. The van der Waals surface area contributed by atoms with Gasteiger partial charge < -0.3 is 19.5 Å². The number of hydrogen-bond donors (Lipinski definition) is 1. The van der Waals surface area contributed by atoms with E-state index in [1.165, 1.54) is 25.3 Å². The van der Waals surface area contributed by atoms with Crippen LogP contribution in [0, 0.1) is 0 Å². The fraction of sp³-hybridized carbons (Fsp3) is 0.278. The second-order valence-electron chi connectivity index (χ2n) is 5.42. The van der Waals surface area contributed by atoms with E-state index < -0.39 is 15.7 Å². The van der Waals surface area contributed by atoms with E-state index >= 15 is 0 Å². The number of amides is 1. The van der Waals surface area contributed by atoms with Gasteiger partial charge in [0.15, 0.2) is 9.84 Å². The number of rotatable bonds is 8. The summed E-state index contributed by atoms with van der Waals surface area (Å²) in [6.07, 6.45) is 1.06. The van der Waals surface area contributed by atoms with Crippen LogP contribution in [-0.4, -0.2) is 48.0 Å². The van der Waals surface area contributed by atoms with E-state index in [1.807, 2.05) is 0 Å². The van der Waals surface area contributed by atoms with Crippen molar-refractivity contribution in [3.8, 4) is 17.2 Å². The maximum atomic E-state index is 12.2. The summed E-state index contributed by atoms with van der Waals surface area (Å²) in [5.41, 5.74) is 0.232. The van der Waals surface area contributed by atoms with Gasteiger partial charge in [0.1, 0.15) is 28.8 Å². The van der Waals surface area contributed by atoms with Gasteiger partial charge in [-0.2, -0.15) is 0 Å². The van der Waals surface area contributed by atoms with E-state index in [2.05, 4.69) is 5.32 Å². The lowest BCUT2D eigenvalue weighted by Gasteiger charge is -2.11. The predicted molar refractivity (Wildman–Crippen MR) is 96.9 cm³/mol. The molecule has 0 aliphatic carbocycles. The molecule has 0 radical (unpaired) electrons. The van der Waals surface area contributed by atoms with Gasteiger partial charge in [-0.15, -0.1) is 0 Å². The fourth-order valence-corrected chi connectivity index (χ4v) is 3.07. The standard InChI is InChI=1S/C18H21NO6S/c1-23-14-5-7-15(8-6-14)25-11-10-19-18(20)13-4-9-16(24-2)17(12-13)26(3,21)22/h4-9,12H,10-11H2,1-3H3,(H,19,20). The van der Waals surface area contributed by atoms with Crippen molar-refractivity contribution in [2.75, 3.05) is 33.6 Å². The summed E-state index contributed by atoms with van der Waals surface area (Å²) in [5, 5.41) is 2.68. The number of hydrogen-bond acceptors (Lipinski definition) is 6. The van der Waals surface area contributed by atoms with Gasteiger partial charge in [0, 0.05) is 11.8 Å². The van der Waals surface area contributed by atoms with Crippen molar-refractivity contribution < 1.29 is 27.4 Å². The molecule has 0 heterocycles. The van der Waals surface area contributed by atoms with Crippen LogP contribution in [0.1, 0.15) is 10.4 Å². The van der Waals surface area contributed by atoms with Gasteiger partial charge in [0.25, 0.3) is 5.91 Å². The molecule has 1 N–H and O–H groups in total. The topological polar surface area (TPSA) is 90.9 Å². The van der Waals surface area contributed by atoms with Gasteiger partial charge in [0.2, 0.25) is 0 Å². The summed E-state index contributed by atoms with van der Waals surface area (Å²) in [7, 11) is -0.550. The molecule has 8 heteroatoms. The Morgan fingerprint density at radius 2 is 1.65 bits per heavy atom. The van der Waals surface area contributed by atoms with Crippen molar-refractivity contribution in [2.45, 2.75) is 4.90 Å². The van der Waals surface area contributed by atoms with E-state index in [-0.39, 0.29) is 29.4 Å². The van der Waals surface area contributed by atoms with Crippen molar-refractivity contribution in [3.63, 3.8) is 0 Å². The quantitative estimate of drug-likeness (QED) is 0.705. The molecule has 0 fully saturated rings. The normalized spacial score (nSPS) is 10.9. The lowest BCUT2D eigenvalue weighted by Crippen LogP contribution is -2.28. The minimum Gasteiger partial charge on any atom is -0.497 e. The number of benzene rings is 2. The Balaban J connectivity index is 1.93. The fourth-order valence-electron chi connectivity index (χ4n) is 2.22. The van der Waals surface area contributed by atoms with Gasteiger partial charge >= 0.3 is 0 Å². The van der Waals surface area contributed by atoms with E-state index in [4.69, 9.17) is 14.2 Å². The lowest BCUT2D eigenvalue weighted by molar-refractivity contribution is 0.0946. The smallest absolute Gasteiger partial charge is 0.251 e. The van der Waals surface area contributed by atoms with Gasteiger partial charge in [-0.3, -0.25) is 4.79 Å². The maximum absolute atomic E-state index is 12.2. The summed E-state index contributed by atoms with van der Waals surface area (Å²) in [6, 6.07) is 11.3. The highest BCUT2D eigenvalue weighted by atomic mass is 32.2. The van der Waals surface area contributed by atoms with Crippen LogP contribution >= 0.6 is 0 Å². The Labute approximate surface area is 152 Å². The molecule has 1 amide bonds. The molecule has 7 nitrogen and oxygen atoms in total. The molecule has 0 saturated heterocycles. The molecule has 140 valence electrons. The molecule has 0 spiro atoms. The second kappa shape index (κ2) is 8.57. The van der Waals surface area contributed by atoms with Crippen LogP contribution in [0.15, 0.2) is 47.4 Å². The van der Waals surface area contributed by atoms with E-state index in [9.17, 15) is 13.2 Å². The average Bonchev–Trinajstić information content (AvgIpc) is 2.64. The number of sulfone groups is 1. The summed E-state index contributed by atoms with van der Waals surface area (Å²) in [5.74, 6) is 1.19. The highest BCUT2D eigenvalue weighted by Gasteiger charge is 2.17. The third-order valence-electron chi connectivity index (χ3n) is 3.54. The number of carbonyl (C=O) groups excluding carboxylic acids is 1. The van der Waals surface area contributed by atoms with Crippen molar-refractivity contribution in [2.24, 2.45) is 0 Å². The van der Waals surface area contributed by atoms with Crippen LogP contribution in [0.4, 0.5) is 0 Å². The van der Waals surface area contributed by atoms with Crippen LogP contribution < -0.4 is 19.5 Å². The minimum atomic E-state index is -3.51. The van der Waals surface area contributed by atoms with Gasteiger partial charge in [-0.1, -0.05) is 0 Å². The van der Waals surface area contributed by atoms with Gasteiger partial charge in [0.05, 0.1) is 20.8 Å². The van der Waals surface area contributed by atoms with Gasteiger partial charge in [-0.25, -0.2) is 8.42 Å². The molecular weight excluding hydrogens is 358 g/mol. The summed E-state index contributed by atoms with van der Waals surface area (Å²) >= 11 is 0. The molecule has 0 unspecified atom stereocenters. The minimum absolute atomic E-state index is 0.0258. The first-order valence-corrected chi connectivity index (χ1v) is 9.67. The largest absolute Gasteiger partial charge is 0.497 e. The first-order valence-electron chi connectivity index (χ1n) is 7.78. The zero-order chi connectivity index (χ0) is 19.2. The summed E-state index contributed by atoms with van der Waals surface area (Å²) in [6.45, 7) is 0.540. The molecule has 2 aromatic carbocycles. The Morgan fingerprint density at radius 3 is 2.23 bits per heavy atom. The SMILES string of the molecule is COc1ccc(OCCNC(=O)c2ccc(OC)c(S(C)(=O)=O)c2)cc1. The summed E-state index contributed by atoms with van der Waals surface area (Å²) in [4.78, 5) is 12.2. The molecule has 0 aliphatic rings. The molecule has 0 atom stereocenters. The first-order chi connectivity index (χ1) is 12.3. The Hall–Kier alpha value is -2.74. The Morgan fingerprint density at radius 1 is 1.00 bits per heavy atom. The second-order valence-corrected chi connectivity index (χ2v) is 7.40. The molecular formula is C18H21NO6S. The maximum Gasteiger partial charge on any atom is 0.251 e. The third kappa shape index (κ3) is 5.13. The predicted octanol–water partition coefficient (Wildman–Crippen LogP) is 1.92. The van der Waals surface area contributed by atoms with Crippen LogP contribution in [0.2, 0.25) is 0 Å². The van der Waals surface area contributed by atoms with E-state index in [0.717, 1.165) is 12.0 Å². The van der Waals surface area contributed by atoms with E-state index in [0.29, 0.717) is 5.75 Å². The Bertz CT molecular complexity index is 862. The lowest BCUT2D eigenvalue weighted by atomic mass is 10.2. The van der Waals surface area contributed by atoms with Gasteiger partial charge in [-0.05, 0) is 42.5 Å². The molecule has 26 heavy (non-hydrogen) atoms. The number of ether oxygens (including phenoxy) is 3. The van der Waals surface area contributed by atoms with Crippen molar-refractivity contribution >= 4 is 15.7 Å². The van der Waals surface area contributed by atoms with E-state index in [1.54, 1.807) is 31.4 Å². The molecule has 2 aromatic rings.